The van der Waals surface area contributed by atoms with Gasteiger partial charge in [-0.3, -0.25) is 0 Å². The predicted octanol–water partition coefficient (Wildman–Crippen LogP) is 4.61. The fourth-order valence-electron chi connectivity index (χ4n) is 1.60. The smallest absolute Gasteiger partial charge is 0.507 e. The van der Waals surface area contributed by atoms with Gasteiger partial charge in [-0.1, -0.05) is 23.7 Å². The highest BCUT2D eigenvalue weighted by molar-refractivity contribution is 6.31. The van der Waals surface area contributed by atoms with E-state index in [1.54, 1.807) is 6.07 Å². The SMILES string of the molecule is Oc1ccc(Cl)cc1-c1cccc(OC(F)(F)F)c1. The van der Waals surface area contributed by atoms with Gasteiger partial charge in [0.05, 0.1) is 0 Å². The molecule has 0 heterocycles. The van der Waals surface area contributed by atoms with E-state index in [2.05, 4.69) is 4.74 Å². The van der Waals surface area contributed by atoms with Gasteiger partial charge in [0, 0.05) is 10.6 Å². The quantitative estimate of drug-likeness (QED) is 0.874. The zero-order valence-corrected chi connectivity index (χ0v) is 10.2. The first-order chi connectivity index (χ1) is 8.85. The van der Waals surface area contributed by atoms with Crippen LogP contribution in [0.4, 0.5) is 13.2 Å². The van der Waals surface area contributed by atoms with Crippen LogP contribution in [0.1, 0.15) is 0 Å². The monoisotopic (exact) mass is 288 g/mol. The number of aromatic hydroxyl groups is 1. The van der Waals surface area contributed by atoms with E-state index in [1.165, 1.54) is 36.4 Å². The molecule has 0 aliphatic carbocycles. The van der Waals surface area contributed by atoms with Crippen LogP contribution in [0.15, 0.2) is 42.5 Å². The number of ether oxygens (including phenoxy) is 1. The van der Waals surface area contributed by atoms with E-state index in [4.69, 9.17) is 11.6 Å². The number of rotatable bonds is 2. The fraction of sp³-hybridized carbons (Fsp3) is 0.0769. The van der Waals surface area contributed by atoms with Crippen molar-refractivity contribution in [2.24, 2.45) is 0 Å². The van der Waals surface area contributed by atoms with Gasteiger partial charge in [0.15, 0.2) is 0 Å². The number of alkyl halides is 3. The molecular formula is C13H8ClF3O2. The molecule has 0 saturated carbocycles. The third-order valence-corrected chi connectivity index (χ3v) is 2.57. The Hall–Kier alpha value is -1.88. The van der Waals surface area contributed by atoms with Crippen molar-refractivity contribution in [3.8, 4) is 22.6 Å². The molecule has 0 spiro atoms. The minimum atomic E-state index is -4.75. The molecule has 0 aliphatic rings. The Morgan fingerprint density at radius 1 is 1.05 bits per heavy atom. The van der Waals surface area contributed by atoms with E-state index in [9.17, 15) is 18.3 Å². The number of hydrogen-bond donors (Lipinski definition) is 1. The van der Waals surface area contributed by atoms with Crippen LogP contribution in [-0.2, 0) is 0 Å². The molecule has 100 valence electrons. The Balaban J connectivity index is 2.40. The summed E-state index contributed by atoms with van der Waals surface area (Å²) in [6.45, 7) is 0. The predicted molar refractivity (Wildman–Crippen MR) is 65.2 cm³/mol. The molecule has 2 aromatic rings. The zero-order chi connectivity index (χ0) is 14.0. The Morgan fingerprint density at radius 2 is 1.79 bits per heavy atom. The van der Waals surface area contributed by atoms with Crippen molar-refractivity contribution in [1.82, 2.24) is 0 Å². The highest BCUT2D eigenvalue weighted by Gasteiger charge is 2.31. The second kappa shape index (κ2) is 5.01. The van der Waals surface area contributed by atoms with Gasteiger partial charge in [-0.25, -0.2) is 0 Å². The molecule has 0 bridgehead atoms. The van der Waals surface area contributed by atoms with Crippen molar-refractivity contribution in [2.75, 3.05) is 0 Å². The van der Waals surface area contributed by atoms with E-state index in [-0.39, 0.29) is 11.5 Å². The molecule has 2 nitrogen and oxygen atoms in total. The van der Waals surface area contributed by atoms with E-state index < -0.39 is 6.36 Å². The molecule has 0 aliphatic heterocycles. The molecule has 0 unspecified atom stereocenters. The third kappa shape index (κ3) is 3.54. The summed E-state index contributed by atoms with van der Waals surface area (Å²) in [6, 6.07) is 9.62. The normalized spacial score (nSPS) is 11.4. The lowest BCUT2D eigenvalue weighted by molar-refractivity contribution is -0.274. The maximum atomic E-state index is 12.1. The minimum Gasteiger partial charge on any atom is -0.507 e. The molecule has 0 fully saturated rings. The Labute approximate surface area is 112 Å². The van der Waals surface area contributed by atoms with Gasteiger partial charge in [-0.15, -0.1) is 13.2 Å². The Bertz CT molecular complexity index is 597. The molecule has 2 aromatic carbocycles. The zero-order valence-electron chi connectivity index (χ0n) is 9.41. The molecule has 0 saturated heterocycles. The summed E-state index contributed by atoms with van der Waals surface area (Å²) < 4.78 is 40.2. The molecule has 0 amide bonds. The van der Waals surface area contributed by atoms with Crippen LogP contribution in [0.3, 0.4) is 0 Å². The van der Waals surface area contributed by atoms with Crippen LogP contribution < -0.4 is 4.74 Å². The second-order valence-corrected chi connectivity index (χ2v) is 4.17. The number of halogens is 4. The first-order valence-corrected chi connectivity index (χ1v) is 5.58. The lowest BCUT2D eigenvalue weighted by atomic mass is 10.0. The summed E-state index contributed by atoms with van der Waals surface area (Å²) in [5.74, 6) is -0.432. The number of hydrogen-bond acceptors (Lipinski definition) is 2. The van der Waals surface area contributed by atoms with Crippen LogP contribution in [0.2, 0.25) is 5.02 Å². The number of benzene rings is 2. The van der Waals surface area contributed by atoms with Gasteiger partial charge in [-0.2, -0.15) is 0 Å². The topological polar surface area (TPSA) is 29.5 Å². The molecule has 6 heteroatoms. The molecular weight excluding hydrogens is 281 g/mol. The van der Waals surface area contributed by atoms with Crippen molar-refractivity contribution in [3.05, 3.63) is 47.5 Å². The summed E-state index contributed by atoms with van der Waals surface area (Å²) in [4.78, 5) is 0. The van der Waals surface area contributed by atoms with E-state index in [0.29, 0.717) is 16.1 Å². The lowest BCUT2D eigenvalue weighted by Gasteiger charge is -2.11. The van der Waals surface area contributed by atoms with Gasteiger partial charge >= 0.3 is 6.36 Å². The van der Waals surface area contributed by atoms with Crippen LogP contribution >= 0.6 is 11.6 Å². The fourth-order valence-corrected chi connectivity index (χ4v) is 1.77. The van der Waals surface area contributed by atoms with Crippen molar-refractivity contribution in [3.63, 3.8) is 0 Å². The molecule has 19 heavy (non-hydrogen) atoms. The molecule has 0 radical (unpaired) electrons. The van der Waals surface area contributed by atoms with Gasteiger partial charge in [-0.05, 0) is 35.9 Å². The average molecular weight is 289 g/mol. The van der Waals surface area contributed by atoms with Crippen LogP contribution in [0.5, 0.6) is 11.5 Å². The summed E-state index contributed by atoms with van der Waals surface area (Å²) in [5.41, 5.74) is 0.710. The summed E-state index contributed by atoms with van der Waals surface area (Å²) >= 11 is 5.79. The molecule has 2 rings (SSSR count). The Kier molecular flexibility index (Phi) is 3.57. The standard InChI is InChI=1S/C13H8ClF3O2/c14-9-4-5-12(18)11(7-9)8-2-1-3-10(6-8)19-13(15,16)17/h1-7,18H. The summed E-state index contributed by atoms with van der Waals surface area (Å²) in [7, 11) is 0. The summed E-state index contributed by atoms with van der Waals surface area (Å²) in [6.07, 6.45) is -4.75. The third-order valence-electron chi connectivity index (χ3n) is 2.34. The Morgan fingerprint density at radius 3 is 2.47 bits per heavy atom. The van der Waals surface area contributed by atoms with E-state index >= 15 is 0 Å². The number of phenols is 1. The van der Waals surface area contributed by atoms with Gasteiger partial charge in [0.1, 0.15) is 11.5 Å². The van der Waals surface area contributed by atoms with Crippen LogP contribution in [-0.4, -0.2) is 11.5 Å². The first-order valence-electron chi connectivity index (χ1n) is 5.20. The van der Waals surface area contributed by atoms with Gasteiger partial charge in [0.2, 0.25) is 0 Å². The maximum absolute atomic E-state index is 12.1. The summed E-state index contributed by atoms with van der Waals surface area (Å²) in [5, 5.41) is 10.1. The first kappa shape index (κ1) is 13.5. The van der Waals surface area contributed by atoms with E-state index in [1.807, 2.05) is 0 Å². The van der Waals surface area contributed by atoms with E-state index in [0.717, 1.165) is 0 Å². The molecule has 0 aromatic heterocycles. The highest BCUT2D eigenvalue weighted by Crippen LogP contribution is 2.34. The number of phenolic OH excluding ortho intramolecular Hbond substituents is 1. The average Bonchev–Trinajstić information content (AvgIpc) is 2.30. The molecule has 1 N–H and O–H groups in total. The van der Waals surface area contributed by atoms with Gasteiger partial charge < -0.3 is 9.84 Å². The van der Waals surface area contributed by atoms with Crippen molar-refractivity contribution >= 4 is 11.6 Å². The van der Waals surface area contributed by atoms with Crippen molar-refractivity contribution < 1.29 is 23.0 Å². The van der Waals surface area contributed by atoms with Crippen LogP contribution in [0.25, 0.3) is 11.1 Å². The second-order valence-electron chi connectivity index (χ2n) is 3.74. The van der Waals surface area contributed by atoms with Crippen molar-refractivity contribution in [1.29, 1.82) is 0 Å². The maximum Gasteiger partial charge on any atom is 0.573 e. The van der Waals surface area contributed by atoms with Crippen molar-refractivity contribution in [2.45, 2.75) is 6.36 Å². The largest absolute Gasteiger partial charge is 0.573 e. The highest BCUT2D eigenvalue weighted by atomic mass is 35.5. The minimum absolute atomic E-state index is 0.0754. The van der Waals surface area contributed by atoms with Crippen LogP contribution in [0, 0.1) is 0 Å². The lowest BCUT2D eigenvalue weighted by Crippen LogP contribution is -2.17. The molecule has 0 atom stereocenters. The van der Waals surface area contributed by atoms with Gasteiger partial charge in [0.25, 0.3) is 0 Å².